The molecule has 10 atom stereocenters. The number of ether oxygens (including phenoxy) is 1. The number of allylic oxidation sites excluding steroid dienone is 1. The molecule has 5 rings (SSSR count). The monoisotopic (exact) mass is 639 g/mol. The van der Waals surface area contributed by atoms with Crippen molar-refractivity contribution in [1.29, 1.82) is 0 Å². The highest BCUT2D eigenvalue weighted by molar-refractivity contribution is 5.77. The van der Waals surface area contributed by atoms with Crippen LogP contribution < -0.4 is 5.32 Å². The average Bonchev–Trinajstić information content (AvgIpc) is 3.29. The summed E-state index contributed by atoms with van der Waals surface area (Å²) in [6.45, 7) is 25.7. The normalized spacial score (nSPS) is 42.9. The predicted molar refractivity (Wildman–Crippen MR) is 183 cm³/mol. The number of carbonyl (C=O) groups is 3. The van der Waals surface area contributed by atoms with Crippen LogP contribution in [-0.4, -0.2) is 35.6 Å². The first-order valence-electron chi connectivity index (χ1n) is 18.6. The van der Waals surface area contributed by atoms with Crippen LogP contribution in [0, 0.1) is 62.1 Å². The zero-order valence-corrected chi connectivity index (χ0v) is 30.7. The molecule has 0 aromatic heterocycles. The van der Waals surface area contributed by atoms with Crippen molar-refractivity contribution in [3.63, 3.8) is 0 Å². The van der Waals surface area contributed by atoms with Gasteiger partial charge in [0.05, 0.1) is 12.8 Å². The van der Waals surface area contributed by atoms with Crippen molar-refractivity contribution in [2.24, 2.45) is 62.1 Å². The molecule has 0 radical (unpaired) electrons. The summed E-state index contributed by atoms with van der Waals surface area (Å²) in [5, 5.41) is 12.4. The van der Waals surface area contributed by atoms with Crippen molar-refractivity contribution < 1.29 is 24.2 Å². The molecule has 5 aliphatic rings. The lowest BCUT2D eigenvalue weighted by atomic mass is 9.32. The molecule has 5 aliphatic carbocycles. The second-order valence-electron chi connectivity index (χ2n) is 18.9. The SMILES string of the molecule is C=C(C)[C@@H]1CC[C@]2(CC(=O)NCC)CC[C@]3(C)[C@H](CCC4[C@@]5(C)CCC(OC(=O)CC(C)(C)CC(=O)O)C(C)(C)C5CC[C@]43C)C12. The van der Waals surface area contributed by atoms with Crippen LogP contribution in [0.3, 0.4) is 0 Å². The Labute approximate surface area is 279 Å². The molecule has 0 saturated heterocycles. The molecule has 0 aliphatic heterocycles. The third kappa shape index (κ3) is 5.57. The highest BCUT2D eigenvalue weighted by Gasteiger charge is 2.71. The van der Waals surface area contributed by atoms with Crippen molar-refractivity contribution in [1.82, 2.24) is 5.32 Å². The van der Waals surface area contributed by atoms with E-state index in [2.05, 4.69) is 53.4 Å². The number of carbonyl (C=O) groups excluding carboxylic acids is 2. The predicted octanol–water partition coefficient (Wildman–Crippen LogP) is 8.97. The summed E-state index contributed by atoms with van der Waals surface area (Å²) in [6.07, 6.45) is 12.1. The number of nitrogens with one attached hydrogen (secondary N) is 1. The average molecular weight is 640 g/mol. The number of hydrogen-bond acceptors (Lipinski definition) is 4. The van der Waals surface area contributed by atoms with Crippen LogP contribution in [0.25, 0.3) is 0 Å². The van der Waals surface area contributed by atoms with E-state index < -0.39 is 11.4 Å². The molecule has 0 aromatic carbocycles. The Morgan fingerprint density at radius 1 is 0.870 bits per heavy atom. The first-order chi connectivity index (χ1) is 21.3. The molecule has 2 N–H and O–H groups in total. The standard InChI is InChI=1S/C40H65NO5/c1-11-41-31(42)22-40-19-14-26(25(2)3)34(40)27-12-13-29-37(8)17-16-30(46-33(45)24-35(4,5)23-32(43)44)36(6,7)28(37)15-18-39(29,10)38(27,9)20-21-40/h26-30,34H,2,11-24H2,1,3-10H3,(H,41,42)(H,43,44)/t26-,27+,28?,29?,30?,34?,37-,38+,39+,40+/m0/s1. The van der Waals surface area contributed by atoms with Gasteiger partial charge in [0.2, 0.25) is 5.91 Å². The number of aliphatic carboxylic acids is 1. The lowest BCUT2D eigenvalue weighted by Crippen LogP contribution is -2.67. The van der Waals surface area contributed by atoms with Gasteiger partial charge in [-0.3, -0.25) is 14.4 Å². The quantitative estimate of drug-likeness (QED) is 0.194. The van der Waals surface area contributed by atoms with Crippen molar-refractivity contribution in [3.05, 3.63) is 12.2 Å². The largest absolute Gasteiger partial charge is 0.481 e. The van der Waals surface area contributed by atoms with Gasteiger partial charge >= 0.3 is 11.9 Å². The maximum atomic E-state index is 13.2. The van der Waals surface area contributed by atoms with E-state index in [1.54, 1.807) is 0 Å². The molecule has 1 amide bonds. The second kappa shape index (κ2) is 11.9. The highest BCUT2D eigenvalue weighted by Crippen LogP contribution is 2.78. The van der Waals surface area contributed by atoms with Gasteiger partial charge < -0.3 is 15.2 Å². The minimum Gasteiger partial charge on any atom is -0.481 e. The molecular formula is C40H65NO5. The number of rotatable bonds is 9. The Balaban J connectivity index is 1.39. The molecule has 4 unspecified atom stereocenters. The summed E-state index contributed by atoms with van der Waals surface area (Å²) in [7, 11) is 0. The lowest BCUT2D eigenvalue weighted by molar-refractivity contribution is -0.250. The van der Waals surface area contributed by atoms with Crippen molar-refractivity contribution in [3.8, 4) is 0 Å². The maximum absolute atomic E-state index is 13.2. The van der Waals surface area contributed by atoms with Crippen molar-refractivity contribution in [2.45, 2.75) is 152 Å². The Bertz CT molecular complexity index is 1240. The van der Waals surface area contributed by atoms with Gasteiger partial charge in [0.15, 0.2) is 0 Å². The molecule has 0 aromatic rings. The summed E-state index contributed by atoms with van der Waals surface area (Å²) in [6, 6.07) is 0. The molecule has 5 fully saturated rings. The highest BCUT2D eigenvalue weighted by atomic mass is 16.5. The van der Waals surface area contributed by atoms with Crippen LogP contribution in [0.15, 0.2) is 12.2 Å². The number of amides is 1. The van der Waals surface area contributed by atoms with Crippen LogP contribution in [0.5, 0.6) is 0 Å². The fourth-order valence-corrected chi connectivity index (χ4v) is 13.4. The third-order valence-electron chi connectivity index (χ3n) is 15.6. The fraction of sp³-hybridized carbons (Fsp3) is 0.875. The third-order valence-corrected chi connectivity index (χ3v) is 15.6. The molecule has 260 valence electrons. The molecule has 6 heteroatoms. The van der Waals surface area contributed by atoms with E-state index in [0.717, 1.165) is 32.1 Å². The zero-order valence-electron chi connectivity index (χ0n) is 30.7. The first kappa shape index (κ1) is 35.5. The zero-order chi connectivity index (χ0) is 34.1. The molecular weight excluding hydrogens is 574 g/mol. The Kier molecular flexibility index (Phi) is 9.20. The van der Waals surface area contributed by atoms with Crippen molar-refractivity contribution in [2.75, 3.05) is 6.54 Å². The summed E-state index contributed by atoms with van der Waals surface area (Å²) in [4.78, 5) is 37.6. The minimum absolute atomic E-state index is 0.0437. The minimum atomic E-state index is -0.881. The molecule has 6 nitrogen and oxygen atoms in total. The van der Waals surface area contributed by atoms with Gasteiger partial charge in [-0.25, -0.2) is 0 Å². The molecule has 0 heterocycles. The van der Waals surface area contributed by atoms with E-state index in [9.17, 15) is 19.5 Å². The van der Waals surface area contributed by atoms with Gasteiger partial charge in [-0.05, 0) is 135 Å². The topological polar surface area (TPSA) is 92.7 Å². The van der Waals surface area contributed by atoms with Gasteiger partial charge in [0, 0.05) is 18.4 Å². The number of carboxylic acid groups (broad SMARTS) is 1. The molecule has 0 bridgehead atoms. The number of hydrogen-bond donors (Lipinski definition) is 2. The number of carboxylic acids is 1. The van der Waals surface area contributed by atoms with E-state index in [-0.39, 0.29) is 57.9 Å². The van der Waals surface area contributed by atoms with Gasteiger partial charge in [0.25, 0.3) is 0 Å². The molecule has 5 saturated carbocycles. The Morgan fingerprint density at radius 2 is 1.57 bits per heavy atom. The maximum Gasteiger partial charge on any atom is 0.306 e. The van der Waals surface area contributed by atoms with Crippen LogP contribution in [0.2, 0.25) is 0 Å². The van der Waals surface area contributed by atoms with Gasteiger partial charge in [-0.1, -0.05) is 60.6 Å². The van der Waals surface area contributed by atoms with Crippen LogP contribution in [0.4, 0.5) is 0 Å². The van der Waals surface area contributed by atoms with Gasteiger partial charge in [0.1, 0.15) is 6.10 Å². The van der Waals surface area contributed by atoms with E-state index >= 15 is 0 Å². The summed E-state index contributed by atoms with van der Waals surface area (Å²) in [5.74, 6) is 1.83. The Morgan fingerprint density at radius 3 is 2.20 bits per heavy atom. The van der Waals surface area contributed by atoms with Gasteiger partial charge in [-0.2, -0.15) is 0 Å². The summed E-state index contributed by atoms with van der Waals surface area (Å²) < 4.78 is 6.25. The van der Waals surface area contributed by atoms with Crippen LogP contribution in [0.1, 0.15) is 146 Å². The molecule has 0 spiro atoms. The fourth-order valence-electron chi connectivity index (χ4n) is 13.4. The molecule has 46 heavy (non-hydrogen) atoms. The summed E-state index contributed by atoms with van der Waals surface area (Å²) in [5.41, 5.74) is 1.26. The van der Waals surface area contributed by atoms with Gasteiger partial charge in [-0.15, -0.1) is 0 Å². The smallest absolute Gasteiger partial charge is 0.306 e. The van der Waals surface area contributed by atoms with E-state index in [4.69, 9.17) is 4.74 Å². The van der Waals surface area contributed by atoms with Crippen molar-refractivity contribution >= 4 is 17.8 Å². The Hall–Kier alpha value is -1.85. The van der Waals surface area contributed by atoms with E-state index in [1.807, 2.05) is 20.8 Å². The summed E-state index contributed by atoms with van der Waals surface area (Å²) >= 11 is 0. The number of esters is 1. The number of fused-ring (bicyclic) bond motifs is 7. The van der Waals surface area contributed by atoms with Crippen LogP contribution in [-0.2, 0) is 19.1 Å². The van der Waals surface area contributed by atoms with E-state index in [0.29, 0.717) is 42.6 Å². The lowest BCUT2D eigenvalue weighted by Gasteiger charge is -2.73. The second-order valence-corrected chi connectivity index (χ2v) is 18.9. The van der Waals surface area contributed by atoms with E-state index in [1.165, 1.54) is 37.7 Å². The first-order valence-corrected chi connectivity index (χ1v) is 18.6. The van der Waals surface area contributed by atoms with Crippen LogP contribution >= 0.6 is 0 Å².